The van der Waals surface area contributed by atoms with Crippen molar-refractivity contribution in [2.45, 2.75) is 46.1 Å². The van der Waals surface area contributed by atoms with Gasteiger partial charge < -0.3 is 9.84 Å². The molecule has 0 unspecified atom stereocenters. The maximum atomic E-state index is 12.9. The van der Waals surface area contributed by atoms with Crippen molar-refractivity contribution in [1.29, 1.82) is 0 Å². The van der Waals surface area contributed by atoms with E-state index in [4.69, 9.17) is 4.74 Å². The molecule has 1 aliphatic rings. The number of carbonyl (C=O) groups excluding carboxylic acids is 2. The Hall–Kier alpha value is -3.00. The number of carboxylic acid groups (broad SMARTS) is 1. The lowest BCUT2D eigenvalue weighted by molar-refractivity contribution is -0.152. The monoisotopic (exact) mass is 428 g/mol. The lowest BCUT2D eigenvalue weighted by atomic mass is 9.86. The van der Waals surface area contributed by atoms with Gasteiger partial charge in [-0.05, 0) is 63.5 Å². The van der Waals surface area contributed by atoms with Crippen molar-refractivity contribution >= 4 is 40.2 Å². The number of carboxylic acids is 1. The molecule has 0 radical (unpaired) electrons. The second kappa shape index (κ2) is 8.39. The SMILES string of the molecule is CCN(C(C)=O)c1nc(C=C2CCc3cc(OC(C)(C)C(=O)O)ccc3C2=O)cs1. The number of allylic oxidation sites excluding steroid dienone is 1. The van der Waals surface area contributed by atoms with E-state index in [2.05, 4.69) is 4.98 Å². The molecule has 3 rings (SSSR count). The minimum Gasteiger partial charge on any atom is -0.478 e. The molecular formula is C22H24N2O5S. The van der Waals surface area contributed by atoms with Gasteiger partial charge in [0.25, 0.3) is 0 Å². The molecule has 1 N–H and O–H groups in total. The van der Waals surface area contributed by atoms with Crippen LogP contribution in [0.4, 0.5) is 5.13 Å². The number of amides is 1. The van der Waals surface area contributed by atoms with E-state index in [-0.39, 0.29) is 11.7 Å². The number of nitrogens with zero attached hydrogens (tertiary/aromatic N) is 2. The standard InChI is InChI=1S/C22H24N2O5S/c1-5-24(13(2)25)21-23-16(12-30-21)10-15-7-6-14-11-17(8-9-18(14)19(15)26)29-22(3,4)20(27)28/h8-12H,5-7H2,1-4H3,(H,27,28). The van der Waals surface area contributed by atoms with Crippen molar-refractivity contribution < 1.29 is 24.2 Å². The van der Waals surface area contributed by atoms with Crippen LogP contribution in [-0.4, -0.2) is 39.9 Å². The summed E-state index contributed by atoms with van der Waals surface area (Å²) in [5, 5.41) is 11.7. The second-order valence-corrected chi connectivity index (χ2v) is 8.39. The van der Waals surface area contributed by atoms with E-state index < -0.39 is 11.6 Å². The first-order valence-electron chi connectivity index (χ1n) is 9.66. The average Bonchev–Trinajstić information content (AvgIpc) is 3.12. The molecule has 0 saturated carbocycles. The smallest absolute Gasteiger partial charge is 0.347 e. The molecule has 158 valence electrons. The number of aromatic nitrogens is 1. The highest BCUT2D eigenvalue weighted by Gasteiger charge is 2.30. The first kappa shape index (κ1) is 21.7. The number of aliphatic carboxylic acids is 1. The Morgan fingerprint density at radius 1 is 1.33 bits per heavy atom. The molecule has 30 heavy (non-hydrogen) atoms. The molecule has 0 aliphatic heterocycles. The normalized spacial score (nSPS) is 15.1. The van der Waals surface area contributed by atoms with Crippen LogP contribution in [0, 0.1) is 0 Å². The van der Waals surface area contributed by atoms with Crippen LogP contribution in [0.5, 0.6) is 5.75 Å². The number of anilines is 1. The minimum absolute atomic E-state index is 0.0715. The van der Waals surface area contributed by atoms with Crippen LogP contribution in [0.3, 0.4) is 0 Å². The van der Waals surface area contributed by atoms with Gasteiger partial charge in [0.1, 0.15) is 5.75 Å². The van der Waals surface area contributed by atoms with Gasteiger partial charge in [0.2, 0.25) is 5.91 Å². The number of carbonyl (C=O) groups is 3. The zero-order valence-electron chi connectivity index (χ0n) is 17.4. The summed E-state index contributed by atoms with van der Waals surface area (Å²) in [4.78, 5) is 42.0. The molecule has 1 amide bonds. The van der Waals surface area contributed by atoms with E-state index in [9.17, 15) is 19.5 Å². The Labute approximate surface area is 179 Å². The first-order chi connectivity index (χ1) is 14.1. The summed E-state index contributed by atoms with van der Waals surface area (Å²) >= 11 is 1.37. The van der Waals surface area contributed by atoms with Crippen LogP contribution in [0.2, 0.25) is 0 Å². The maximum absolute atomic E-state index is 12.9. The fourth-order valence-electron chi connectivity index (χ4n) is 3.23. The van der Waals surface area contributed by atoms with Gasteiger partial charge in [-0.1, -0.05) is 0 Å². The summed E-state index contributed by atoms with van der Waals surface area (Å²) in [6, 6.07) is 5.04. The average molecular weight is 429 g/mol. The Kier molecular flexibility index (Phi) is 6.07. The summed E-state index contributed by atoms with van der Waals surface area (Å²) in [7, 11) is 0. The van der Waals surface area contributed by atoms with Gasteiger partial charge in [-0.15, -0.1) is 11.3 Å². The molecule has 1 heterocycles. The topological polar surface area (TPSA) is 96.8 Å². The van der Waals surface area contributed by atoms with Crippen LogP contribution >= 0.6 is 11.3 Å². The number of aryl methyl sites for hydroxylation is 1. The molecule has 0 fully saturated rings. The molecule has 7 nitrogen and oxygen atoms in total. The number of rotatable bonds is 6. The molecule has 2 aromatic rings. The van der Waals surface area contributed by atoms with E-state index in [0.717, 1.165) is 5.56 Å². The summed E-state index contributed by atoms with van der Waals surface area (Å²) in [6.45, 7) is 6.88. The van der Waals surface area contributed by atoms with Crippen LogP contribution in [-0.2, 0) is 16.0 Å². The molecule has 8 heteroatoms. The predicted octanol–water partition coefficient (Wildman–Crippen LogP) is 3.97. The number of fused-ring (bicyclic) bond motifs is 1. The number of ketones is 1. The van der Waals surface area contributed by atoms with Gasteiger partial charge in [0.15, 0.2) is 16.5 Å². The second-order valence-electron chi connectivity index (χ2n) is 7.55. The number of hydrogen-bond acceptors (Lipinski definition) is 6. The summed E-state index contributed by atoms with van der Waals surface area (Å²) in [5.74, 6) is -0.781. The highest BCUT2D eigenvalue weighted by molar-refractivity contribution is 7.14. The van der Waals surface area contributed by atoms with E-state index >= 15 is 0 Å². The Morgan fingerprint density at radius 3 is 2.70 bits per heavy atom. The predicted molar refractivity (Wildman–Crippen MR) is 115 cm³/mol. The van der Waals surface area contributed by atoms with Gasteiger partial charge in [-0.2, -0.15) is 0 Å². The highest BCUT2D eigenvalue weighted by Crippen LogP contribution is 2.31. The van der Waals surface area contributed by atoms with Gasteiger partial charge in [0.05, 0.1) is 5.69 Å². The zero-order chi connectivity index (χ0) is 22.1. The van der Waals surface area contributed by atoms with Gasteiger partial charge in [-0.3, -0.25) is 14.5 Å². The fraction of sp³-hybridized carbons (Fsp3) is 0.364. The lowest BCUT2D eigenvalue weighted by Crippen LogP contribution is -2.37. The molecule has 0 saturated heterocycles. The number of ether oxygens (including phenoxy) is 1. The van der Waals surface area contributed by atoms with Crippen molar-refractivity contribution in [3.8, 4) is 5.75 Å². The molecule has 0 bridgehead atoms. The summed E-state index contributed by atoms with van der Waals surface area (Å²) in [6.07, 6.45) is 2.97. The quantitative estimate of drug-likeness (QED) is 0.700. The highest BCUT2D eigenvalue weighted by atomic mass is 32.1. The summed E-state index contributed by atoms with van der Waals surface area (Å²) < 4.78 is 5.58. The van der Waals surface area contributed by atoms with E-state index in [0.29, 0.717) is 47.1 Å². The van der Waals surface area contributed by atoms with Crippen molar-refractivity contribution in [2.24, 2.45) is 0 Å². The van der Waals surface area contributed by atoms with Crippen molar-refractivity contribution in [3.05, 3.63) is 46.0 Å². The lowest BCUT2D eigenvalue weighted by Gasteiger charge is -2.23. The molecule has 1 aromatic heterocycles. The Bertz CT molecular complexity index is 1040. The molecule has 1 aliphatic carbocycles. The van der Waals surface area contributed by atoms with Crippen LogP contribution < -0.4 is 9.64 Å². The summed E-state index contributed by atoms with van der Waals surface area (Å²) in [5.41, 5.74) is 1.38. The minimum atomic E-state index is -1.35. The molecule has 1 aromatic carbocycles. The number of hydrogen-bond donors (Lipinski definition) is 1. The third-order valence-corrected chi connectivity index (χ3v) is 5.81. The Morgan fingerprint density at radius 2 is 2.07 bits per heavy atom. The molecular weight excluding hydrogens is 404 g/mol. The van der Waals surface area contributed by atoms with E-state index in [1.54, 1.807) is 29.2 Å². The third kappa shape index (κ3) is 4.43. The largest absolute Gasteiger partial charge is 0.478 e. The number of Topliss-reactive ketones (excluding diaryl/α,β-unsaturated/α-hetero) is 1. The molecule has 0 spiro atoms. The number of benzene rings is 1. The fourth-order valence-corrected chi connectivity index (χ4v) is 4.12. The van der Waals surface area contributed by atoms with Crippen LogP contribution in [0.25, 0.3) is 6.08 Å². The van der Waals surface area contributed by atoms with Crippen LogP contribution in [0.1, 0.15) is 55.7 Å². The Balaban J connectivity index is 1.82. The third-order valence-electron chi connectivity index (χ3n) is 4.92. The van der Waals surface area contributed by atoms with Crippen LogP contribution in [0.15, 0.2) is 29.2 Å². The first-order valence-corrected chi connectivity index (χ1v) is 10.5. The van der Waals surface area contributed by atoms with E-state index in [1.165, 1.54) is 32.1 Å². The number of thiazole rings is 1. The maximum Gasteiger partial charge on any atom is 0.347 e. The van der Waals surface area contributed by atoms with Crippen molar-refractivity contribution in [3.63, 3.8) is 0 Å². The van der Waals surface area contributed by atoms with Gasteiger partial charge >= 0.3 is 5.97 Å². The molecule has 0 atom stereocenters. The van der Waals surface area contributed by atoms with Gasteiger partial charge in [0, 0.05) is 30.0 Å². The van der Waals surface area contributed by atoms with E-state index in [1.807, 2.05) is 12.3 Å². The van der Waals surface area contributed by atoms with Gasteiger partial charge in [-0.25, -0.2) is 9.78 Å². The van der Waals surface area contributed by atoms with Crippen molar-refractivity contribution in [2.75, 3.05) is 11.4 Å². The van der Waals surface area contributed by atoms with Crippen molar-refractivity contribution in [1.82, 2.24) is 4.98 Å². The zero-order valence-corrected chi connectivity index (χ0v) is 18.2.